The van der Waals surface area contributed by atoms with Crippen LogP contribution in [-0.4, -0.2) is 28.1 Å². The molecule has 0 unspecified atom stereocenters. The first-order valence-electron chi connectivity index (χ1n) is 4.75. The van der Waals surface area contributed by atoms with E-state index in [0.717, 1.165) is 23.6 Å². The minimum absolute atomic E-state index is 0.240. The van der Waals surface area contributed by atoms with Gasteiger partial charge in [0.2, 0.25) is 0 Å². The summed E-state index contributed by atoms with van der Waals surface area (Å²) in [5.41, 5.74) is 1.08. The van der Waals surface area contributed by atoms with E-state index in [1.807, 2.05) is 25.2 Å². The second kappa shape index (κ2) is 6.27. The zero-order chi connectivity index (χ0) is 11.1. The molecule has 0 saturated heterocycles. The Bertz CT molecular complexity index is 302. The Kier molecular flexibility index (Phi) is 4.93. The fraction of sp³-hybridized carbons (Fsp3) is 0.455. The molecule has 4 nitrogen and oxygen atoms in total. The van der Waals surface area contributed by atoms with Crippen LogP contribution in [0.3, 0.4) is 0 Å². The molecule has 0 spiro atoms. The molecule has 1 N–H and O–H groups in total. The van der Waals surface area contributed by atoms with E-state index in [1.54, 1.807) is 14.2 Å². The van der Waals surface area contributed by atoms with Crippen molar-refractivity contribution in [2.45, 2.75) is 6.54 Å². The molecule has 0 aliphatic rings. The van der Waals surface area contributed by atoms with E-state index in [9.17, 15) is 0 Å². The van der Waals surface area contributed by atoms with Gasteiger partial charge in [-0.2, -0.15) is 0 Å². The van der Waals surface area contributed by atoms with Gasteiger partial charge in [-0.25, -0.2) is 0 Å². The molecule has 0 aromatic heterocycles. The minimum Gasteiger partial charge on any atom is -0.497 e. The van der Waals surface area contributed by atoms with Gasteiger partial charge in [0, 0.05) is 25.3 Å². The van der Waals surface area contributed by atoms with Gasteiger partial charge < -0.3 is 19.5 Å². The molecule has 4 heteroatoms. The maximum absolute atomic E-state index is 5.44. The highest BCUT2D eigenvalue weighted by molar-refractivity contribution is 5.40. The molecule has 0 amide bonds. The second-order valence-electron chi connectivity index (χ2n) is 3.05. The second-order valence-corrected chi connectivity index (χ2v) is 3.05. The van der Waals surface area contributed by atoms with Crippen LogP contribution in [0.4, 0.5) is 0 Å². The van der Waals surface area contributed by atoms with Crippen molar-refractivity contribution in [1.82, 2.24) is 5.32 Å². The highest BCUT2D eigenvalue weighted by Crippen LogP contribution is 2.24. The van der Waals surface area contributed by atoms with Gasteiger partial charge in [0.1, 0.15) is 11.5 Å². The number of methoxy groups -OCH3 is 2. The molecule has 15 heavy (non-hydrogen) atoms. The van der Waals surface area contributed by atoms with Crippen LogP contribution in [0.2, 0.25) is 0 Å². The van der Waals surface area contributed by atoms with Crippen LogP contribution in [-0.2, 0) is 11.3 Å². The van der Waals surface area contributed by atoms with Crippen LogP contribution < -0.4 is 14.8 Å². The SMILES string of the molecule is CNCc1ccc(OC)cc1OCOC. The number of nitrogens with one attached hydrogen (secondary N) is 1. The van der Waals surface area contributed by atoms with Crippen LogP contribution >= 0.6 is 0 Å². The number of ether oxygens (including phenoxy) is 3. The van der Waals surface area contributed by atoms with Crippen LogP contribution in [0.5, 0.6) is 11.5 Å². The summed E-state index contributed by atoms with van der Waals surface area (Å²) < 4.78 is 15.4. The zero-order valence-corrected chi connectivity index (χ0v) is 9.37. The third-order valence-electron chi connectivity index (χ3n) is 1.97. The molecule has 1 aromatic rings. The van der Waals surface area contributed by atoms with Crippen molar-refractivity contribution in [2.24, 2.45) is 0 Å². The van der Waals surface area contributed by atoms with Crippen molar-refractivity contribution in [3.8, 4) is 11.5 Å². The smallest absolute Gasteiger partial charge is 0.188 e. The molecular weight excluding hydrogens is 194 g/mol. The monoisotopic (exact) mass is 211 g/mol. The minimum atomic E-state index is 0.240. The third-order valence-corrected chi connectivity index (χ3v) is 1.97. The largest absolute Gasteiger partial charge is 0.497 e. The van der Waals surface area contributed by atoms with Crippen molar-refractivity contribution >= 4 is 0 Å². The van der Waals surface area contributed by atoms with Gasteiger partial charge in [0.25, 0.3) is 0 Å². The molecule has 1 aromatic carbocycles. The predicted octanol–water partition coefficient (Wildman–Crippen LogP) is 1.40. The Hall–Kier alpha value is -1.26. The molecule has 0 heterocycles. The Labute approximate surface area is 90.1 Å². The molecule has 0 aliphatic carbocycles. The average molecular weight is 211 g/mol. The number of benzene rings is 1. The Morgan fingerprint density at radius 2 is 2.07 bits per heavy atom. The van der Waals surface area contributed by atoms with E-state index in [2.05, 4.69) is 5.32 Å². The number of hydrogen-bond acceptors (Lipinski definition) is 4. The van der Waals surface area contributed by atoms with E-state index in [-0.39, 0.29) is 6.79 Å². The van der Waals surface area contributed by atoms with Gasteiger partial charge in [0.15, 0.2) is 6.79 Å². The van der Waals surface area contributed by atoms with Crippen LogP contribution in [0, 0.1) is 0 Å². The number of rotatable bonds is 6. The zero-order valence-electron chi connectivity index (χ0n) is 9.37. The summed E-state index contributed by atoms with van der Waals surface area (Å²) in [6, 6.07) is 5.73. The summed E-state index contributed by atoms with van der Waals surface area (Å²) in [5.74, 6) is 1.56. The summed E-state index contributed by atoms with van der Waals surface area (Å²) in [6.45, 7) is 0.993. The predicted molar refractivity (Wildman–Crippen MR) is 58.3 cm³/mol. The van der Waals surface area contributed by atoms with Crippen molar-refractivity contribution in [3.63, 3.8) is 0 Å². The lowest BCUT2D eigenvalue weighted by molar-refractivity contribution is 0.0502. The first-order chi connectivity index (χ1) is 7.31. The van der Waals surface area contributed by atoms with E-state index in [1.165, 1.54) is 0 Å². The lowest BCUT2D eigenvalue weighted by atomic mass is 10.2. The summed E-state index contributed by atoms with van der Waals surface area (Å²) in [4.78, 5) is 0. The molecule has 0 atom stereocenters. The topological polar surface area (TPSA) is 39.7 Å². The molecule has 0 saturated carbocycles. The molecule has 0 aliphatic heterocycles. The van der Waals surface area contributed by atoms with Crippen molar-refractivity contribution in [3.05, 3.63) is 23.8 Å². The van der Waals surface area contributed by atoms with Crippen molar-refractivity contribution in [2.75, 3.05) is 28.1 Å². The van der Waals surface area contributed by atoms with Gasteiger partial charge >= 0.3 is 0 Å². The summed E-state index contributed by atoms with van der Waals surface area (Å²) in [6.07, 6.45) is 0. The standard InChI is InChI=1S/C11H17NO3/c1-12-7-9-4-5-10(14-3)6-11(9)15-8-13-2/h4-6,12H,7-8H2,1-3H3. The van der Waals surface area contributed by atoms with E-state index in [0.29, 0.717) is 0 Å². The van der Waals surface area contributed by atoms with Gasteiger partial charge in [-0.15, -0.1) is 0 Å². The first kappa shape index (κ1) is 11.8. The average Bonchev–Trinajstić information content (AvgIpc) is 2.28. The summed E-state index contributed by atoms with van der Waals surface area (Å²) in [7, 11) is 5.12. The lowest BCUT2D eigenvalue weighted by Gasteiger charge is -2.11. The van der Waals surface area contributed by atoms with Crippen LogP contribution in [0.1, 0.15) is 5.56 Å². The Morgan fingerprint density at radius 3 is 2.67 bits per heavy atom. The van der Waals surface area contributed by atoms with E-state index in [4.69, 9.17) is 14.2 Å². The van der Waals surface area contributed by atoms with Gasteiger partial charge in [-0.1, -0.05) is 6.07 Å². The quantitative estimate of drug-likeness (QED) is 0.722. The third kappa shape index (κ3) is 3.42. The van der Waals surface area contributed by atoms with Crippen LogP contribution in [0.15, 0.2) is 18.2 Å². The van der Waals surface area contributed by atoms with Crippen LogP contribution in [0.25, 0.3) is 0 Å². The fourth-order valence-electron chi connectivity index (χ4n) is 1.26. The molecule has 1 rings (SSSR count). The van der Waals surface area contributed by atoms with Gasteiger partial charge in [-0.3, -0.25) is 0 Å². The fourth-order valence-corrected chi connectivity index (χ4v) is 1.26. The van der Waals surface area contributed by atoms with Gasteiger partial charge in [-0.05, 0) is 13.1 Å². The van der Waals surface area contributed by atoms with Crippen molar-refractivity contribution < 1.29 is 14.2 Å². The maximum Gasteiger partial charge on any atom is 0.188 e. The number of hydrogen-bond donors (Lipinski definition) is 1. The molecule has 0 radical (unpaired) electrons. The van der Waals surface area contributed by atoms with E-state index >= 15 is 0 Å². The first-order valence-corrected chi connectivity index (χ1v) is 4.75. The highest BCUT2D eigenvalue weighted by atomic mass is 16.7. The molecule has 0 bridgehead atoms. The Balaban J connectivity index is 2.83. The maximum atomic E-state index is 5.44. The van der Waals surface area contributed by atoms with Gasteiger partial charge in [0.05, 0.1) is 7.11 Å². The summed E-state index contributed by atoms with van der Waals surface area (Å²) in [5, 5.41) is 3.08. The van der Waals surface area contributed by atoms with E-state index < -0.39 is 0 Å². The molecular formula is C11H17NO3. The molecule has 0 fully saturated rings. The Morgan fingerprint density at radius 1 is 1.27 bits per heavy atom. The highest BCUT2D eigenvalue weighted by Gasteiger charge is 2.04. The normalized spacial score (nSPS) is 10.1. The van der Waals surface area contributed by atoms with Crippen molar-refractivity contribution in [1.29, 1.82) is 0 Å². The lowest BCUT2D eigenvalue weighted by Crippen LogP contribution is -2.08. The molecule has 84 valence electrons. The summed E-state index contributed by atoms with van der Waals surface area (Å²) >= 11 is 0.